The molecule has 0 radical (unpaired) electrons. The number of methoxy groups -OCH3 is 1. The first kappa shape index (κ1) is 12.1. The Morgan fingerprint density at radius 1 is 1.33 bits per heavy atom. The normalized spacial score (nSPS) is 10.5. The van der Waals surface area contributed by atoms with Gasteiger partial charge in [-0.1, -0.05) is 12.1 Å². The maximum atomic E-state index is 12.8. The van der Waals surface area contributed by atoms with Crippen molar-refractivity contribution in [3.63, 3.8) is 0 Å². The van der Waals surface area contributed by atoms with E-state index in [2.05, 4.69) is 5.32 Å². The highest BCUT2D eigenvalue weighted by Crippen LogP contribution is 2.05. The van der Waals surface area contributed by atoms with E-state index in [4.69, 9.17) is 4.74 Å². The summed E-state index contributed by atoms with van der Waals surface area (Å²) in [6, 6.07) is 6.77. The number of nitrogens with one attached hydrogen (secondary N) is 1. The molecular formula is C12H18FNO. The van der Waals surface area contributed by atoms with Gasteiger partial charge in [-0.05, 0) is 37.1 Å². The Balaban J connectivity index is 2.10. The molecule has 0 spiro atoms. The van der Waals surface area contributed by atoms with Crippen molar-refractivity contribution in [3.8, 4) is 0 Å². The largest absolute Gasteiger partial charge is 0.383 e. The van der Waals surface area contributed by atoms with E-state index in [1.54, 1.807) is 19.2 Å². The van der Waals surface area contributed by atoms with E-state index in [-0.39, 0.29) is 5.82 Å². The molecule has 0 atom stereocenters. The zero-order valence-corrected chi connectivity index (χ0v) is 9.13. The highest BCUT2D eigenvalue weighted by Gasteiger charge is 1.95. The minimum absolute atomic E-state index is 0.153. The molecule has 1 aromatic rings. The molecule has 0 aliphatic rings. The van der Waals surface area contributed by atoms with Crippen LogP contribution in [0.15, 0.2) is 24.3 Å². The van der Waals surface area contributed by atoms with Gasteiger partial charge in [-0.3, -0.25) is 0 Å². The first-order chi connectivity index (χ1) is 7.33. The molecule has 84 valence electrons. The van der Waals surface area contributed by atoms with E-state index in [1.807, 2.05) is 6.07 Å². The second-order valence-electron chi connectivity index (χ2n) is 3.48. The van der Waals surface area contributed by atoms with Crippen LogP contribution in [0.2, 0.25) is 0 Å². The lowest BCUT2D eigenvalue weighted by Gasteiger charge is -2.04. The van der Waals surface area contributed by atoms with Gasteiger partial charge >= 0.3 is 0 Å². The molecule has 0 aliphatic heterocycles. The number of hydrogen-bond donors (Lipinski definition) is 1. The van der Waals surface area contributed by atoms with Crippen LogP contribution in [0.3, 0.4) is 0 Å². The van der Waals surface area contributed by atoms with Crippen LogP contribution in [-0.2, 0) is 11.2 Å². The van der Waals surface area contributed by atoms with Crippen LogP contribution in [0, 0.1) is 5.82 Å². The van der Waals surface area contributed by atoms with Gasteiger partial charge in [0.25, 0.3) is 0 Å². The van der Waals surface area contributed by atoms with Gasteiger partial charge in [-0.25, -0.2) is 4.39 Å². The third-order valence-electron chi connectivity index (χ3n) is 2.19. The number of halogens is 1. The fourth-order valence-corrected chi connectivity index (χ4v) is 1.41. The van der Waals surface area contributed by atoms with E-state index in [9.17, 15) is 4.39 Å². The van der Waals surface area contributed by atoms with Crippen LogP contribution in [-0.4, -0.2) is 26.8 Å². The van der Waals surface area contributed by atoms with Gasteiger partial charge in [0.05, 0.1) is 6.61 Å². The van der Waals surface area contributed by atoms with E-state index in [1.165, 1.54) is 6.07 Å². The SMILES string of the molecule is COCCNCCCc1cccc(F)c1. The highest BCUT2D eigenvalue weighted by atomic mass is 19.1. The van der Waals surface area contributed by atoms with E-state index in [0.717, 1.165) is 38.1 Å². The van der Waals surface area contributed by atoms with Crippen molar-refractivity contribution in [1.82, 2.24) is 5.32 Å². The Hall–Kier alpha value is -0.930. The summed E-state index contributed by atoms with van der Waals surface area (Å²) in [7, 11) is 1.69. The number of aryl methyl sites for hydroxylation is 1. The average molecular weight is 211 g/mol. The highest BCUT2D eigenvalue weighted by molar-refractivity contribution is 5.16. The van der Waals surface area contributed by atoms with Crippen LogP contribution >= 0.6 is 0 Å². The zero-order chi connectivity index (χ0) is 10.9. The Kier molecular flexibility index (Phi) is 5.97. The molecule has 1 rings (SSSR count). The van der Waals surface area contributed by atoms with Crippen LogP contribution in [0.4, 0.5) is 4.39 Å². The molecule has 15 heavy (non-hydrogen) atoms. The first-order valence-corrected chi connectivity index (χ1v) is 5.27. The fourth-order valence-electron chi connectivity index (χ4n) is 1.41. The monoisotopic (exact) mass is 211 g/mol. The molecule has 0 saturated carbocycles. The van der Waals surface area contributed by atoms with Gasteiger partial charge in [0.2, 0.25) is 0 Å². The molecule has 1 N–H and O–H groups in total. The van der Waals surface area contributed by atoms with Crippen molar-refractivity contribution in [2.24, 2.45) is 0 Å². The van der Waals surface area contributed by atoms with Gasteiger partial charge in [0, 0.05) is 13.7 Å². The summed E-state index contributed by atoms with van der Waals surface area (Å²) >= 11 is 0. The summed E-state index contributed by atoms with van der Waals surface area (Å²) in [6.07, 6.45) is 1.94. The lowest BCUT2D eigenvalue weighted by atomic mass is 10.1. The summed E-state index contributed by atoms with van der Waals surface area (Å²) < 4.78 is 17.7. The Morgan fingerprint density at radius 3 is 2.93 bits per heavy atom. The van der Waals surface area contributed by atoms with Crippen LogP contribution in [0.1, 0.15) is 12.0 Å². The number of ether oxygens (including phenoxy) is 1. The van der Waals surface area contributed by atoms with Gasteiger partial charge < -0.3 is 10.1 Å². The molecule has 1 aromatic carbocycles. The van der Waals surface area contributed by atoms with Gasteiger partial charge in [0.15, 0.2) is 0 Å². The molecule has 0 aromatic heterocycles. The third kappa shape index (κ3) is 5.50. The topological polar surface area (TPSA) is 21.3 Å². The average Bonchev–Trinajstić information content (AvgIpc) is 2.23. The standard InChI is InChI=1S/C12H18FNO/c1-15-9-8-14-7-3-5-11-4-2-6-12(13)10-11/h2,4,6,10,14H,3,5,7-9H2,1H3. The number of rotatable bonds is 7. The summed E-state index contributed by atoms with van der Waals surface area (Å²) in [5.41, 5.74) is 1.06. The summed E-state index contributed by atoms with van der Waals surface area (Å²) in [6.45, 7) is 2.56. The Labute approximate surface area is 90.4 Å². The smallest absolute Gasteiger partial charge is 0.123 e. The molecule has 0 saturated heterocycles. The quantitative estimate of drug-likeness (QED) is 0.696. The van der Waals surface area contributed by atoms with Crippen molar-refractivity contribution in [2.75, 3.05) is 26.8 Å². The molecule has 0 fully saturated rings. The first-order valence-electron chi connectivity index (χ1n) is 5.27. The predicted molar refractivity (Wildman–Crippen MR) is 59.5 cm³/mol. The molecule has 0 amide bonds. The minimum atomic E-state index is -0.153. The summed E-state index contributed by atoms with van der Waals surface area (Å²) in [5.74, 6) is -0.153. The van der Waals surface area contributed by atoms with Crippen molar-refractivity contribution in [1.29, 1.82) is 0 Å². The summed E-state index contributed by atoms with van der Waals surface area (Å²) in [5, 5.41) is 3.25. The van der Waals surface area contributed by atoms with Crippen molar-refractivity contribution >= 4 is 0 Å². The Morgan fingerprint density at radius 2 is 2.20 bits per heavy atom. The Bertz CT molecular complexity index is 278. The van der Waals surface area contributed by atoms with E-state index >= 15 is 0 Å². The maximum absolute atomic E-state index is 12.8. The second kappa shape index (κ2) is 7.37. The lowest BCUT2D eigenvalue weighted by Crippen LogP contribution is -2.20. The van der Waals surface area contributed by atoms with Crippen molar-refractivity contribution < 1.29 is 9.13 Å². The lowest BCUT2D eigenvalue weighted by molar-refractivity contribution is 0.199. The maximum Gasteiger partial charge on any atom is 0.123 e. The van der Waals surface area contributed by atoms with Crippen molar-refractivity contribution in [2.45, 2.75) is 12.8 Å². The second-order valence-corrected chi connectivity index (χ2v) is 3.48. The zero-order valence-electron chi connectivity index (χ0n) is 9.13. The van der Waals surface area contributed by atoms with Gasteiger partial charge in [0.1, 0.15) is 5.82 Å². The van der Waals surface area contributed by atoms with Crippen LogP contribution in [0.25, 0.3) is 0 Å². The molecular weight excluding hydrogens is 193 g/mol. The predicted octanol–water partition coefficient (Wildman–Crippen LogP) is 1.99. The molecule has 0 unspecified atom stereocenters. The number of hydrogen-bond acceptors (Lipinski definition) is 2. The third-order valence-corrected chi connectivity index (χ3v) is 2.19. The van der Waals surface area contributed by atoms with Gasteiger partial charge in [-0.15, -0.1) is 0 Å². The van der Waals surface area contributed by atoms with Gasteiger partial charge in [-0.2, -0.15) is 0 Å². The molecule has 2 nitrogen and oxygen atoms in total. The number of benzene rings is 1. The van der Waals surface area contributed by atoms with Crippen LogP contribution < -0.4 is 5.32 Å². The molecule has 0 bridgehead atoms. The van der Waals surface area contributed by atoms with Crippen molar-refractivity contribution in [3.05, 3.63) is 35.6 Å². The molecule has 3 heteroatoms. The molecule has 0 aliphatic carbocycles. The fraction of sp³-hybridized carbons (Fsp3) is 0.500. The van der Waals surface area contributed by atoms with E-state index < -0.39 is 0 Å². The summed E-state index contributed by atoms with van der Waals surface area (Å²) in [4.78, 5) is 0. The van der Waals surface area contributed by atoms with Crippen LogP contribution in [0.5, 0.6) is 0 Å². The minimum Gasteiger partial charge on any atom is -0.383 e. The van der Waals surface area contributed by atoms with E-state index in [0.29, 0.717) is 0 Å². The molecule has 0 heterocycles.